The van der Waals surface area contributed by atoms with Crippen molar-refractivity contribution in [2.45, 2.75) is 38.6 Å². The van der Waals surface area contributed by atoms with E-state index in [2.05, 4.69) is 15.5 Å². The predicted octanol–water partition coefficient (Wildman–Crippen LogP) is -0.00650. The molecular weight excluding hydrogens is 294 g/mol. The number of amides is 2. The minimum atomic E-state index is -0.173. The van der Waals surface area contributed by atoms with Crippen LogP contribution in [0.1, 0.15) is 26.7 Å². The van der Waals surface area contributed by atoms with E-state index in [-0.39, 0.29) is 36.7 Å². The monoisotopic (exact) mass is 315 g/mol. The van der Waals surface area contributed by atoms with Gasteiger partial charge in [0.05, 0.1) is 18.8 Å². The molecule has 1 heterocycles. The van der Waals surface area contributed by atoms with Gasteiger partial charge in [0, 0.05) is 12.6 Å². The Hall–Kier alpha value is -1.61. The molecule has 0 bridgehead atoms. The van der Waals surface area contributed by atoms with Crippen LogP contribution < -0.4 is 11.1 Å². The Balaban J connectivity index is 2.45. The Kier molecular flexibility index (Phi) is 7.17. The molecule has 0 spiro atoms. The minimum absolute atomic E-state index is 0.0476. The summed E-state index contributed by atoms with van der Waals surface area (Å²) in [6.07, 6.45) is 0. The number of carbonyl (C=O) groups excluding carboxylic acids is 2. The van der Waals surface area contributed by atoms with E-state index >= 15 is 0 Å². The molecule has 21 heavy (non-hydrogen) atoms. The topological polar surface area (TPSA) is 114 Å². The molecular formula is C12H21N5O3S. The van der Waals surface area contributed by atoms with Crippen LogP contribution in [0.2, 0.25) is 0 Å². The molecule has 2 amide bonds. The first-order valence-electron chi connectivity index (χ1n) is 6.68. The van der Waals surface area contributed by atoms with Gasteiger partial charge in [0.1, 0.15) is 0 Å². The minimum Gasteiger partial charge on any atom is -0.415 e. The van der Waals surface area contributed by atoms with Crippen molar-refractivity contribution in [3.8, 4) is 0 Å². The van der Waals surface area contributed by atoms with Gasteiger partial charge in [0.25, 0.3) is 5.22 Å². The zero-order chi connectivity index (χ0) is 15.8. The Morgan fingerprint density at radius 2 is 2.14 bits per heavy atom. The van der Waals surface area contributed by atoms with E-state index in [1.165, 1.54) is 4.90 Å². The summed E-state index contributed by atoms with van der Waals surface area (Å²) in [6, 6.07) is 0.0498. The number of thioether (sulfide) groups is 1. The molecule has 1 rings (SSSR count). The van der Waals surface area contributed by atoms with Crippen molar-refractivity contribution < 1.29 is 14.0 Å². The predicted molar refractivity (Wildman–Crippen MR) is 78.4 cm³/mol. The van der Waals surface area contributed by atoms with Crippen molar-refractivity contribution in [3.63, 3.8) is 0 Å². The third-order valence-electron chi connectivity index (χ3n) is 2.46. The highest BCUT2D eigenvalue weighted by atomic mass is 32.2. The normalized spacial score (nSPS) is 10.7. The molecule has 1 aromatic heterocycles. The highest BCUT2D eigenvalue weighted by Gasteiger charge is 2.17. The lowest BCUT2D eigenvalue weighted by atomic mass is 10.3. The second-order valence-corrected chi connectivity index (χ2v) is 5.51. The number of nitrogens with one attached hydrogen (secondary N) is 1. The van der Waals surface area contributed by atoms with Gasteiger partial charge in [-0.1, -0.05) is 11.8 Å². The quantitative estimate of drug-likeness (QED) is 0.649. The molecule has 0 aromatic carbocycles. The maximum atomic E-state index is 12.1. The summed E-state index contributed by atoms with van der Waals surface area (Å²) in [4.78, 5) is 25.2. The maximum absolute atomic E-state index is 12.1. The zero-order valence-corrected chi connectivity index (χ0v) is 13.3. The molecule has 1 aromatic rings. The maximum Gasteiger partial charge on any atom is 0.277 e. The number of nitrogens with two attached hydrogens (primary N) is 1. The van der Waals surface area contributed by atoms with Crippen molar-refractivity contribution in [3.05, 3.63) is 5.89 Å². The first kappa shape index (κ1) is 17.4. The van der Waals surface area contributed by atoms with Gasteiger partial charge in [0.15, 0.2) is 0 Å². The number of likely N-dealkylation sites (N-methyl/N-ethyl adjacent to an activating group) is 1. The van der Waals surface area contributed by atoms with Gasteiger partial charge in [-0.2, -0.15) is 0 Å². The van der Waals surface area contributed by atoms with E-state index in [9.17, 15) is 9.59 Å². The molecule has 0 aliphatic rings. The second-order valence-electron chi connectivity index (χ2n) is 4.58. The SMILES string of the molecule is CCN(CC(=O)NC(C)C)C(=O)CSc1nnc(CN)o1. The van der Waals surface area contributed by atoms with Crippen molar-refractivity contribution >= 4 is 23.6 Å². The highest BCUT2D eigenvalue weighted by molar-refractivity contribution is 7.99. The van der Waals surface area contributed by atoms with Crippen molar-refractivity contribution in [2.24, 2.45) is 5.73 Å². The smallest absolute Gasteiger partial charge is 0.277 e. The van der Waals surface area contributed by atoms with E-state index in [1.54, 1.807) is 0 Å². The lowest BCUT2D eigenvalue weighted by Gasteiger charge is -2.20. The molecule has 3 N–H and O–H groups in total. The van der Waals surface area contributed by atoms with Gasteiger partial charge >= 0.3 is 0 Å². The molecule has 118 valence electrons. The molecule has 0 fully saturated rings. The van der Waals surface area contributed by atoms with Crippen LogP contribution in [0.5, 0.6) is 0 Å². The lowest BCUT2D eigenvalue weighted by Crippen LogP contribution is -2.43. The first-order valence-corrected chi connectivity index (χ1v) is 7.67. The fraction of sp³-hybridized carbons (Fsp3) is 0.667. The van der Waals surface area contributed by atoms with Crippen LogP contribution in [0.15, 0.2) is 9.64 Å². The van der Waals surface area contributed by atoms with E-state index in [0.29, 0.717) is 17.7 Å². The zero-order valence-electron chi connectivity index (χ0n) is 12.5. The number of rotatable bonds is 8. The molecule has 9 heteroatoms. The summed E-state index contributed by atoms with van der Waals surface area (Å²) < 4.78 is 5.20. The van der Waals surface area contributed by atoms with Crippen molar-refractivity contribution in [2.75, 3.05) is 18.8 Å². The van der Waals surface area contributed by atoms with E-state index in [4.69, 9.17) is 10.2 Å². The molecule has 0 atom stereocenters. The van der Waals surface area contributed by atoms with E-state index < -0.39 is 0 Å². The molecule has 0 saturated carbocycles. The highest BCUT2D eigenvalue weighted by Crippen LogP contribution is 2.16. The summed E-state index contributed by atoms with van der Waals surface area (Å²) in [5.74, 6) is 0.130. The summed E-state index contributed by atoms with van der Waals surface area (Å²) in [5.41, 5.74) is 5.36. The standard InChI is InChI=1S/C12H21N5O3S/c1-4-17(6-9(18)14-8(2)3)11(19)7-21-12-16-15-10(5-13)20-12/h8H,4-7,13H2,1-3H3,(H,14,18). The molecule has 0 aliphatic carbocycles. The Bertz CT molecular complexity index is 477. The fourth-order valence-electron chi connectivity index (χ4n) is 1.51. The third kappa shape index (κ3) is 6.13. The van der Waals surface area contributed by atoms with Crippen molar-refractivity contribution in [1.29, 1.82) is 0 Å². The van der Waals surface area contributed by atoms with Crippen LogP contribution in [0, 0.1) is 0 Å². The van der Waals surface area contributed by atoms with Crippen LogP contribution in [-0.4, -0.2) is 51.8 Å². The molecule has 0 aliphatic heterocycles. The number of nitrogens with zero attached hydrogens (tertiary/aromatic N) is 3. The summed E-state index contributed by atoms with van der Waals surface area (Å²) in [7, 11) is 0. The number of hydrogen-bond donors (Lipinski definition) is 2. The molecule has 0 unspecified atom stereocenters. The summed E-state index contributed by atoms with van der Waals surface area (Å²) in [6.45, 7) is 6.24. The van der Waals surface area contributed by atoms with Crippen LogP contribution >= 0.6 is 11.8 Å². The lowest BCUT2D eigenvalue weighted by molar-refractivity contribution is -0.134. The van der Waals surface area contributed by atoms with E-state index in [1.807, 2.05) is 20.8 Å². The van der Waals surface area contributed by atoms with Gasteiger partial charge in [-0.3, -0.25) is 9.59 Å². The van der Waals surface area contributed by atoms with Gasteiger partial charge < -0.3 is 20.4 Å². The largest absolute Gasteiger partial charge is 0.415 e. The first-order chi connectivity index (χ1) is 9.96. The third-order valence-corrected chi connectivity index (χ3v) is 3.26. The summed E-state index contributed by atoms with van der Waals surface area (Å²) >= 11 is 1.13. The Morgan fingerprint density at radius 3 is 2.67 bits per heavy atom. The fourth-order valence-corrected chi connectivity index (χ4v) is 2.19. The Labute approximate surface area is 127 Å². The number of hydrogen-bond acceptors (Lipinski definition) is 7. The number of aromatic nitrogens is 2. The average molecular weight is 315 g/mol. The Morgan fingerprint density at radius 1 is 1.43 bits per heavy atom. The summed E-state index contributed by atoms with van der Waals surface area (Å²) in [5, 5.41) is 10.5. The van der Waals surface area contributed by atoms with Gasteiger partial charge in [-0.15, -0.1) is 10.2 Å². The van der Waals surface area contributed by atoms with Gasteiger partial charge in [-0.25, -0.2) is 0 Å². The number of carbonyl (C=O) groups is 2. The van der Waals surface area contributed by atoms with Gasteiger partial charge in [0.2, 0.25) is 17.7 Å². The van der Waals surface area contributed by atoms with Crippen LogP contribution in [0.3, 0.4) is 0 Å². The van der Waals surface area contributed by atoms with E-state index in [0.717, 1.165) is 11.8 Å². The average Bonchev–Trinajstić information content (AvgIpc) is 2.89. The molecule has 0 saturated heterocycles. The second kappa shape index (κ2) is 8.63. The molecule has 0 radical (unpaired) electrons. The van der Waals surface area contributed by atoms with Crippen molar-refractivity contribution in [1.82, 2.24) is 20.4 Å². The van der Waals surface area contributed by atoms with Crippen LogP contribution in [0.4, 0.5) is 0 Å². The van der Waals surface area contributed by atoms with Crippen LogP contribution in [-0.2, 0) is 16.1 Å². The van der Waals surface area contributed by atoms with Crippen LogP contribution in [0.25, 0.3) is 0 Å². The molecule has 8 nitrogen and oxygen atoms in total. The van der Waals surface area contributed by atoms with Gasteiger partial charge in [-0.05, 0) is 20.8 Å².